The lowest BCUT2D eigenvalue weighted by atomic mass is 10.2. The zero-order chi connectivity index (χ0) is 13.0. The molecule has 1 aromatic heterocycles. The van der Waals surface area contributed by atoms with Crippen molar-refractivity contribution in [1.82, 2.24) is 9.88 Å². The number of aromatic nitrogens is 1. The molecule has 0 aliphatic heterocycles. The van der Waals surface area contributed by atoms with Gasteiger partial charge in [-0.3, -0.25) is 9.88 Å². The van der Waals surface area contributed by atoms with Gasteiger partial charge in [-0.15, -0.1) is 0 Å². The van der Waals surface area contributed by atoms with Gasteiger partial charge in [-0.05, 0) is 43.8 Å². The Balaban J connectivity index is 2.21. The van der Waals surface area contributed by atoms with Crippen molar-refractivity contribution in [2.24, 2.45) is 0 Å². The van der Waals surface area contributed by atoms with E-state index in [-0.39, 0.29) is 0 Å². The molecule has 0 atom stereocenters. The van der Waals surface area contributed by atoms with Crippen LogP contribution in [0.25, 0.3) is 10.9 Å². The van der Waals surface area contributed by atoms with Crippen molar-refractivity contribution in [2.75, 3.05) is 18.8 Å². The zero-order valence-corrected chi connectivity index (χ0v) is 11.2. The second-order valence-electron chi connectivity index (χ2n) is 4.62. The monoisotopic (exact) mass is 243 g/mol. The van der Waals surface area contributed by atoms with Crippen molar-refractivity contribution in [3.8, 4) is 0 Å². The summed E-state index contributed by atoms with van der Waals surface area (Å²) in [6.45, 7) is 7.51. The highest BCUT2D eigenvalue weighted by atomic mass is 15.1. The molecule has 3 heteroatoms. The molecule has 18 heavy (non-hydrogen) atoms. The van der Waals surface area contributed by atoms with E-state index in [0.29, 0.717) is 0 Å². The normalized spacial score (nSPS) is 11.3. The minimum absolute atomic E-state index is 0.790. The fourth-order valence-corrected chi connectivity index (χ4v) is 2.17. The molecule has 1 heterocycles. The Bertz CT molecular complexity index is 522. The number of fused-ring (bicyclic) bond motifs is 1. The molecule has 1 aromatic carbocycles. The van der Waals surface area contributed by atoms with Crippen LogP contribution in [0.15, 0.2) is 30.3 Å². The molecule has 0 radical (unpaired) electrons. The second-order valence-corrected chi connectivity index (χ2v) is 4.62. The molecule has 2 rings (SSSR count). The summed E-state index contributed by atoms with van der Waals surface area (Å²) in [6.07, 6.45) is 1.18. The molecule has 0 spiro atoms. The SMILES string of the molecule is CCCN(CC)Cc1ccc2cc(N)ccc2n1. The Kier molecular flexibility index (Phi) is 4.15. The average molecular weight is 243 g/mol. The minimum Gasteiger partial charge on any atom is -0.399 e. The first kappa shape index (κ1) is 12.8. The van der Waals surface area contributed by atoms with Gasteiger partial charge in [0.05, 0.1) is 11.2 Å². The number of hydrogen-bond acceptors (Lipinski definition) is 3. The van der Waals surface area contributed by atoms with E-state index in [1.54, 1.807) is 0 Å². The molecule has 2 N–H and O–H groups in total. The summed E-state index contributed by atoms with van der Waals surface area (Å²) in [7, 11) is 0. The first-order chi connectivity index (χ1) is 8.72. The number of rotatable bonds is 5. The summed E-state index contributed by atoms with van der Waals surface area (Å²) in [5, 5.41) is 1.11. The predicted octanol–water partition coefficient (Wildman–Crippen LogP) is 3.05. The highest BCUT2D eigenvalue weighted by molar-refractivity contribution is 5.81. The molecular formula is C15H21N3. The van der Waals surface area contributed by atoms with Crippen LogP contribution < -0.4 is 5.73 Å². The summed E-state index contributed by atoms with van der Waals surface area (Å²) in [4.78, 5) is 7.10. The first-order valence-corrected chi connectivity index (χ1v) is 6.60. The maximum atomic E-state index is 5.77. The molecule has 96 valence electrons. The first-order valence-electron chi connectivity index (χ1n) is 6.60. The third-order valence-electron chi connectivity index (χ3n) is 3.14. The van der Waals surface area contributed by atoms with Gasteiger partial charge in [-0.25, -0.2) is 0 Å². The fraction of sp³-hybridized carbons (Fsp3) is 0.400. The van der Waals surface area contributed by atoms with E-state index in [2.05, 4.69) is 35.9 Å². The van der Waals surface area contributed by atoms with Gasteiger partial charge >= 0.3 is 0 Å². The Morgan fingerprint density at radius 2 is 2.00 bits per heavy atom. The third-order valence-corrected chi connectivity index (χ3v) is 3.14. The number of benzene rings is 1. The summed E-state index contributed by atoms with van der Waals surface area (Å²) < 4.78 is 0. The lowest BCUT2D eigenvalue weighted by Crippen LogP contribution is -2.24. The highest BCUT2D eigenvalue weighted by Crippen LogP contribution is 2.16. The maximum Gasteiger partial charge on any atom is 0.0707 e. The third kappa shape index (κ3) is 2.99. The van der Waals surface area contributed by atoms with Gasteiger partial charge in [0.1, 0.15) is 0 Å². The number of nitrogens with two attached hydrogens (primary N) is 1. The van der Waals surface area contributed by atoms with Crippen LogP contribution in [0, 0.1) is 0 Å². The topological polar surface area (TPSA) is 42.1 Å². The number of hydrogen-bond donors (Lipinski definition) is 1. The Hall–Kier alpha value is -1.61. The minimum atomic E-state index is 0.790. The van der Waals surface area contributed by atoms with Crippen molar-refractivity contribution >= 4 is 16.6 Å². The van der Waals surface area contributed by atoms with Crippen molar-refractivity contribution in [2.45, 2.75) is 26.8 Å². The Labute approximate surface area is 109 Å². The summed E-state index contributed by atoms with van der Waals surface area (Å²) >= 11 is 0. The van der Waals surface area contributed by atoms with E-state index in [1.165, 1.54) is 6.42 Å². The van der Waals surface area contributed by atoms with Crippen LogP contribution in [-0.4, -0.2) is 23.0 Å². The molecule has 2 aromatic rings. The van der Waals surface area contributed by atoms with Crippen LogP contribution in [0.2, 0.25) is 0 Å². The molecule has 0 unspecified atom stereocenters. The van der Waals surface area contributed by atoms with Gasteiger partial charge in [0.2, 0.25) is 0 Å². The van der Waals surface area contributed by atoms with E-state index >= 15 is 0 Å². The van der Waals surface area contributed by atoms with Crippen LogP contribution in [-0.2, 0) is 6.54 Å². The van der Waals surface area contributed by atoms with Crippen molar-refractivity contribution < 1.29 is 0 Å². The van der Waals surface area contributed by atoms with E-state index < -0.39 is 0 Å². The summed E-state index contributed by atoms with van der Waals surface area (Å²) in [6, 6.07) is 10.1. The summed E-state index contributed by atoms with van der Waals surface area (Å²) in [5.74, 6) is 0. The highest BCUT2D eigenvalue weighted by Gasteiger charge is 2.04. The van der Waals surface area contributed by atoms with E-state index in [1.807, 2.05) is 18.2 Å². The van der Waals surface area contributed by atoms with Crippen LogP contribution >= 0.6 is 0 Å². The number of anilines is 1. The van der Waals surface area contributed by atoms with Crippen LogP contribution in [0.1, 0.15) is 26.0 Å². The molecule has 3 nitrogen and oxygen atoms in total. The molecular weight excluding hydrogens is 222 g/mol. The standard InChI is InChI=1S/C15H21N3/c1-3-9-18(4-2)11-14-7-5-12-10-13(16)6-8-15(12)17-14/h5-8,10H,3-4,9,11,16H2,1-2H3. The van der Waals surface area contributed by atoms with Crippen LogP contribution in [0.3, 0.4) is 0 Å². The molecule has 0 amide bonds. The summed E-state index contributed by atoms with van der Waals surface area (Å²) in [5.41, 5.74) is 8.71. The van der Waals surface area contributed by atoms with E-state index in [9.17, 15) is 0 Å². The number of nitrogen functional groups attached to an aromatic ring is 1. The lowest BCUT2D eigenvalue weighted by molar-refractivity contribution is 0.277. The van der Waals surface area contributed by atoms with Gasteiger partial charge in [0, 0.05) is 17.6 Å². The molecule has 0 fully saturated rings. The Morgan fingerprint density at radius 1 is 1.17 bits per heavy atom. The second kappa shape index (κ2) is 5.83. The molecule has 0 bridgehead atoms. The molecule has 0 aliphatic carbocycles. The number of nitrogens with zero attached hydrogens (tertiary/aromatic N) is 2. The van der Waals surface area contributed by atoms with Gasteiger partial charge < -0.3 is 5.73 Å². The van der Waals surface area contributed by atoms with Crippen molar-refractivity contribution in [3.63, 3.8) is 0 Å². The van der Waals surface area contributed by atoms with Gasteiger partial charge in [0.15, 0.2) is 0 Å². The number of pyridine rings is 1. The van der Waals surface area contributed by atoms with Crippen LogP contribution in [0.4, 0.5) is 5.69 Å². The van der Waals surface area contributed by atoms with Crippen LogP contribution in [0.5, 0.6) is 0 Å². The van der Waals surface area contributed by atoms with Gasteiger partial charge in [-0.1, -0.05) is 19.9 Å². The molecule has 0 aliphatic rings. The van der Waals surface area contributed by atoms with Gasteiger partial charge in [0.25, 0.3) is 0 Å². The maximum absolute atomic E-state index is 5.77. The molecule has 0 saturated heterocycles. The fourth-order valence-electron chi connectivity index (χ4n) is 2.17. The zero-order valence-electron chi connectivity index (χ0n) is 11.2. The average Bonchev–Trinajstić information content (AvgIpc) is 2.38. The van der Waals surface area contributed by atoms with E-state index in [4.69, 9.17) is 5.73 Å². The predicted molar refractivity (Wildman–Crippen MR) is 77.4 cm³/mol. The lowest BCUT2D eigenvalue weighted by Gasteiger charge is -2.19. The van der Waals surface area contributed by atoms with E-state index in [0.717, 1.165) is 41.9 Å². The smallest absolute Gasteiger partial charge is 0.0707 e. The molecule has 0 saturated carbocycles. The quantitative estimate of drug-likeness (QED) is 0.821. The van der Waals surface area contributed by atoms with Crippen molar-refractivity contribution in [3.05, 3.63) is 36.0 Å². The van der Waals surface area contributed by atoms with Crippen molar-refractivity contribution in [1.29, 1.82) is 0 Å². The van der Waals surface area contributed by atoms with Gasteiger partial charge in [-0.2, -0.15) is 0 Å². The largest absolute Gasteiger partial charge is 0.399 e. The Morgan fingerprint density at radius 3 is 2.72 bits per heavy atom.